The molecule has 5 nitrogen and oxygen atoms in total. The fourth-order valence-corrected chi connectivity index (χ4v) is 3.41. The fraction of sp³-hybridized carbons (Fsp3) is 0.438. The summed E-state index contributed by atoms with van der Waals surface area (Å²) in [4.78, 5) is 30.2. The van der Waals surface area contributed by atoms with Gasteiger partial charge in [0.25, 0.3) is 5.91 Å². The minimum absolute atomic E-state index is 0.145. The van der Waals surface area contributed by atoms with Gasteiger partial charge in [-0.3, -0.25) is 9.59 Å². The number of carbonyl (C=O) groups is 2. The van der Waals surface area contributed by atoms with E-state index in [1.807, 2.05) is 49.9 Å². The highest BCUT2D eigenvalue weighted by Crippen LogP contribution is 2.27. The van der Waals surface area contributed by atoms with Gasteiger partial charge in [0, 0.05) is 25.2 Å². The van der Waals surface area contributed by atoms with Crippen molar-refractivity contribution in [2.45, 2.75) is 32.4 Å². The van der Waals surface area contributed by atoms with Crippen LogP contribution in [0.25, 0.3) is 0 Å². The molecule has 1 atom stereocenters. The predicted octanol–water partition coefficient (Wildman–Crippen LogP) is 2.66. The van der Waals surface area contributed by atoms with Gasteiger partial charge in [0.05, 0.1) is 0 Å². The third kappa shape index (κ3) is 3.88. The molecule has 2 amide bonds. The molecule has 1 aromatic carbocycles. The van der Waals surface area contributed by atoms with E-state index in [1.165, 1.54) is 11.8 Å². The largest absolute Gasteiger partial charge is 0.352 e. The molecule has 0 radical (unpaired) electrons. The number of amides is 2. The molecule has 0 spiro atoms. The van der Waals surface area contributed by atoms with Crippen molar-refractivity contribution in [1.82, 2.24) is 4.90 Å². The molecule has 0 unspecified atom stereocenters. The third-order valence-electron chi connectivity index (χ3n) is 3.55. The number of carbonyl (C=O) groups excluding carboxylic acids is 2. The van der Waals surface area contributed by atoms with E-state index < -0.39 is 5.25 Å². The Morgan fingerprint density at radius 3 is 2.64 bits per heavy atom. The van der Waals surface area contributed by atoms with Crippen LogP contribution in [0.15, 0.2) is 29.3 Å². The van der Waals surface area contributed by atoms with Gasteiger partial charge in [0.15, 0.2) is 5.17 Å². The number of nitrogens with one attached hydrogen (secondary N) is 1. The van der Waals surface area contributed by atoms with Crippen LogP contribution < -0.4 is 5.32 Å². The van der Waals surface area contributed by atoms with Gasteiger partial charge in [0.1, 0.15) is 5.25 Å². The lowest BCUT2D eigenvalue weighted by Gasteiger charge is -2.19. The van der Waals surface area contributed by atoms with Crippen LogP contribution in [0.1, 0.15) is 25.8 Å². The maximum Gasteiger partial charge on any atom is 0.262 e. The number of anilines is 1. The zero-order valence-electron chi connectivity index (χ0n) is 13.1. The van der Waals surface area contributed by atoms with E-state index >= 15 is 0 Å². The maximum atomic E-state index is 12.1. The van der Waals surface area contributed by atoms with Crippen LogP contribution in [-0.2, 0) is 9.59 Å². The van der Waals surface area contributed by atoms with Gasteiger partial charge < -0.3 is 10.2 Å². The van der Waals surface area contributed by atoms with E-state index in [0.717, 1.165) is 29.5 Å². The topological polar surface area (TPSA) is 61.8 Å². The summed E-state index contributed by atoms with van der Waals surface area (Å²) in [6.07, 6.45) is 0.145. The Morgan fingerprint density at radius 2 is 2.00 bits per heavy atom. The lowest BCUT2D eigenvalue weighted by Crippen LogP contribution is -2.28. The van der Waals surface area contributed by atoms with Crippen LogP contribution >= 0.6 is 11.8 Å². The molecule has 0 saturated carbocycles. The van der Waals surface area contributed by atoms with E-state index in [-0.39, 0.29) is 18.2 Å². The molecule has 0 fully saturated rings. The zero-order chi connectivity index (χ0) is 16.1. The molecule has 6 heteroatoms. The van der Waals surface area contributed by atoms with Gasteiger partial charge in [-0.05, 0) is 32.4 Å². The second-order valence-corrected chi connectivity index (χ2v) is 6.25. The first-order valence-electron chi connectivity index (χ1n) is 7.44. The third-order valence-corrected chi connectivity index (χ3v) is 4.77. The average molecular weight is 319 g/mol. The lowest BCUT2D eigenvalue weighted by molar-refractivity contribution is -0.121. The molecule has 1 aliphatic heterocycles. The van der Waals surface area contributed by atoms with Crippen molar-refractivity contribution in [2.24, 2.45) is 4.99 Å². The summed E-state index contributed by atoms with van der Waals surface area (Å²) in [5, 5.41) is 3.17. The fourth-order valence-electron chi connectivity index (χ4n) is 2.22. The van der Waals surface area contributed by atoms with Crippen LogP contribution in [0.2, 0.25) is 0 Å². The van der Waals surface area contributed by atoms with E-state index in [4.69, 9.17) is 0 Å². The molecule has 0 aliphatic carbocycles. The first-order chi connectivity index (χ1) is 10.5. The molecule has 1 heterocycles. The summed E-state index contributed by atoms with van der Waals surface area (Å²) in [6, 6.07) is 7.59. The second-order valence-electron chi connectivity index (χ2n) is 5.08. The van der Waals surface area contributed by atoms with Gasteiger partial charge >= 0.3 is 0 Å². The Labute approximate surface area is 135 Å². The Morgan fingerprint density at radius 1 is 1.32 bits per heavy atom. The lowest BCUT2D eigenvalue weighted by atomic mass is 10.2. The van der Waals surface area contributed by atoms with Gasteiger partial charge in [-0.25, -0.2) is 0 Å². The molecule has 1 N–H and O–H groups in total. The average Bonchev–Trinajstić information content (AvgIpc) is 2.84. The highest BCUT2D eigenvalue weighted by molar-refractivity contribution is 8.15. The molecule has 2 rings (SSSR count). The molecule has 0 bridgehead atoms. The summed E-state index contributed by atoms with van der Waals surface area (Å²) in [5.74, 6) is -0.372. The maximum absolute atomic E-state index is 12.1. The molecule has 22 heavy (non-hydrogen) atoms. The highest BCUT2D eigenvalue weighted by Gasteiger charge is 2.32. The molecule has 1 aliphatic rings. The van der Waals surface area contributed by atoms with Crippen LogP contribution in [0.3, 0.4) is 0 Å². The molecule has 118 valence electrons. The van der Waals surface area contributed by atoms with Crippen molar-refractivity contribution in [3.05, 3.63) is 29.8 Å². The normalized spacial score (nSPS) is 17.3. The van der Waals surface area contributed by atoms with Crippen molar-refractivity contribution in [3.63, 3.8) is 0 Å². The summed E-state index contributed by atoms with van der Waals surface area (Å²) < 4.78 is 0. The van der Waals surface area contributed by atoms with E-state index in [1.54, 1.807) is 0 Å². The number of nitrogens with zero attached hydrogens (tertiary/aromatic N) is 2. The number of hydrogen-bond donors (Lipinski definition) is 1. The quantitative estimate of drug-likeness (QED) is 0.906. The first-order valence-corrected chi connectivity index (χ1v) is 8.32. The number of hydrogen-bond acceptors (Lipinski definition) is 4. The minimum atomic E-state index is -0.417. The number of aryl methyl sites for hydroxylation is 1. The van der Waals surface area contributed by atoms with Crippen molar-refractivity contribution in [1.29, 1.82) is 0 Å². The molecular weight excluding hydrogens is 298 g/mol. The van der Waals surface area contributed by atoms with Gasteiger partial charge in [0.2, 0.25) is 5.91 Å². The zero-order valence-corrected chi connectivity index (χ0v) is 13.9. The van der Waals surface area contributed by atoms with Gasteiger partial charge in [-0.2, -0.15) is 4.99 Å². The summed E-state index contributed by atoms with van der Waals surface area (Å²) in [7, 11) is 0. The minimum Gasteiger partial charge on any atom is -0.352 e. The standard InChI is InChI=1S/C16H21N3O2S/c1-4-19(5-2)16-18-15(21)13(22-16)10-14(20)17-12-9-7-6-8-11(12)3/h6-9,13H,4-5,10H2,1-3H3,(H,17,20)/t13-/m1/s1. The van der Waals surface area contributed by atoms with Gasteiger partial charge in [-0.1, -0.05) is 30.0 Å². The number of amidine groups is 1. The van der Waals surface area contributed by atoms with Crippen LogP contribution in [0, 0.1) is 6.92 Å². The Hall–Kier alpha value is -1.82. The molecular formula is C16H21N3O2S. The van der Waals surface area contributed by atoms with E-state index in [0.29, 0.717) is 0 Å². The summed E-state index contributed by atoms with van der Waals surface area (Å²) in [6.45, 7) is 7.59. The first kappa shape index (κ1) is 16.5. The number of rotatable bonds is 5. The van der Waals surface area contributed by atoms with Crippen molar-refractivity contribution < 1.29 is 9.59 Å². The Balaban J connectivity index is 1.94. The van der Waals surface area contributed by atoms with E-state index in [2.05, 4.69) is 10.3 Å². The predicted molar refractivity (Wildman–Crippen MR) is 91.2 cm³/mol. The molecule has 0 aromatic heterocycles. The number of thioether (sulfide) groups is 1. The second kappa shape index (κ2) is 7.45. The van der Waals surface area contributed by atoms with Gasteiger partial charge in [-0.15, -0.1) is 0 Å². The Bertz CT molecular complexity index is 597. The number of benzene rings is 1. The molecule has 0 saturated heterocycles. The van der Waals surface area contributed by atoms with Crippen molar-refractivity contribution >= 4 is 34.4 Å². The molecule has 1 aromatic rings. The smallest absolute Gasteiger partial charge is 0.262 e. The van der Waals surface area contributed by atoms with Crippen LogP contribution in [0.5, 0.6) is 0 Å². The van der Waals surface area contributed by atoms with E-state index in [9.17, 15) is 9.59 Å². The SMILES string of the molecule is CCN(CC)C1=NC(=O)[C@@H](CC(=O)Nc2ccccc2C)S1. The monoisotopic (exact) mass is 319 g/mol. The summed E-state index contributed by atoms with van der Waals surface area (Å²) in [5.41, 5.74) is 1.79. The van der Waals surface area contributed by atoms with Crippen LogP contribution in [0.4, 0.5) is 5.69 Å². The summed E-state index contributed by atoms with van der Waals surface area (Å²) >= 11 is 1.38. The van der Waals surface area contributed by atoms with Crippen molar-refractivity contribution in [3.8, 4) is 0 Å². The Kier molecular flexibility index (Phi) is 5.60. The van der Waals surface area contributed by atoms with Crippen LogP contribution in [-0.4, -0.2) is 40.2 Å². The number of para-hydroxylation sites is 1. The van der Waals surface area contributed by atoms with Crippen molar-refractivity contribution in [2.75, 3.05) is 18.4 Å². The highest BCUT2D eigenvalue weighted by atomic mass is 32.2. The number of aliphatic imine (C=N–C) groups is 1.